The first-order valence-corrected chi connectivity index (χ1v) is 8.64. The highest BCUT2D eigenvalue weighted by atomic mass is 35.5. The Morgan fingerprint density at radius 1 is 1.22 bits per heavy atom. The molecular weight excluding hydrogens is 336 g/mol. The fourth-order valence-corrected chi connectivity index (χ4v) is 3.00. The van der Waals surface area contributed by atoms with E-state index in [0.717, 1.165) is 5.57 Å². The number of phenolic OH excluding ortho intramolecular Hbond substituents is 1. The summed E-state index contributed by atoms with van der Waals surface area (Å²) in [5, 5.41) is 13.5. The number of halogens is 1. The van der Waals surface area contributed by atoms with Gasteiger partial charge in [0.15, 0.2) is 0 Å². The SMILES string of the molecule is C=C(C)CNc1ccc(NS(=O)(=O)c2ccc(Cl)cc2)c(O)c1. The van der Waals surface area contributed by atoms with E-state index in [9.17, 15) is 13.5 Å². The molecule has 5 nitrogen and oxygen atoms in total. The fourth-order valence-electron chi connectivity index (χ4n) is 1.80. The van der Waals surface area contributed by atoms with E-state index < -0.39 is 10.0 Å². The second-order valence-corrected chi connectivity index (χ2v) is 7.22. The molecule has 0 aliphatic heterocycles. The molecule has 0 saturated carbocycles. The van der Waals surface area contributed by atoms with Crippen LogP contribution in [0.4, 0.5) is 11.4 Å². The van der Waals surface area contributed by atoms with E-state index >= 15 is 0 Å². The molecule has 0 unspecified atom stereocenters. The smallest absolute Gasteiger partial charge is 0.262 e. The van der Waals surface area contributed by atoms with Gasteiger partial charge < -0.3 is 10.4 Å². The lowest BCUT2D eigenvalue weighted by Gasteiger charge is -2.12. The topological polar surface area (TPSA) is 78.4 Å². The Morgan fingerprint density at radius 3 is 2.43 bits per heavy atom. The van der Waals surface area contributed by atoms with Crippen molar-refractivity contribution in [3.63, 3.8) is 0 Å². The summed E-state index contributed by atoms with van der Waals surface area (Å²) in [5.74, 6) is -0.172. The van der Waals surface area contributed by atoms with Crippen LogP contribution in [0.2, 0.25) is 5.02 Å². The van der Waals surface area contributed by atoms with Gasteiger partial charge in [0.1, 0.15) is 5.75 Å². The van der Waals surface area contributed by atoms with Gasteiger partial charge in [0.2, 0.25) is 0 Å². The summed E-state index contributed by atoms with van der Waals surface area (Å²) in [4.78, 5) is 0.0609. The normalized spacial score (nSPS) is 11.0. The van der Waals surface area contributed by atoms with Crippen LogP contribution in [0.15, 0.2) is 59.5 Å². The Hall–Kier alpha value is -2.18. The first kappa shape index (κ1) is 17.2. The Bertz CT molecular complexity index is 818. The summed E-state index contributed by atoms with van der Waals surface area (Å²) in [6.07, 6.45) is 0. The monoisotopic (exact) mass is 352 g/mol. The maximum Gasteiger partial charge on any atom is 0.262 e. The summed E-state index contributed by atoms with van der Waals surface area (Å²) < 4.78 is 26.9. The van der Waals surface area contributed by atoms with Gasteiger partial charge in [-0.3, -0.25) is 4.72 Å². The molecule has 0 aliphatic carbocycles. The number of hydrogen-bond acceptors (Lipinski definition) is 4. The molecule has 0 fully saturated rings. The van der Waals surface area contributed by atoms with Crippen molar-refractivity contribution in [2.24, 2.45) is 0 Å². The van der Waals surface area contributed by atoms with Gasteiger partial charge in [-0.2, -0.15) is 0 Å². The molecule has 0 spiro atoms. The van der Waals surface area contributed by atoms with Crippen LogP contribution in [0.1, 0.15) is 6.92 Å². The van der Waals surface area contributed by atoms with E-state index in [4.69, 9.17) is 11.6 Å². The summed E-state index contributed by atoms with van der Waals surface area (Å²) in [6, 6.07) is 10.4. The average Bonchev–Trinajstić information content (AvgIpc) is 2.48. The van der Waals surface area contributed by atoms with E-state index in [1.165, 1.54) is 36.4 Å². The first-order chi connectivity index (χ1) is 10.8. The van der Waals surface area contributed by atoms with Crippen LogP contribution in [0.25, 0.3) is 0 Å². The van der Waals surface area contributed by atoms with Crippen molar-refractivity contribution in [1.29, 1.82) is 0 Å². The molecule has 23 heavy (non-hydrogen) atoms. The zero-order valence-electron chi connectivity index (χ0n) is 12.5. The van der Waals surface area contributed by atoms with Gasteiger partial charge in [0, 0.05) is 23.3 Å². The Morgan fingerprint density at radius 2 is 1.87 bits per heavy atom. The third-order valence-electron chi connectivity index (χ3n) is 2.96. The van der Waals surface area contributed by atoms with Crippen molar-refractivity contribution in [1.82, 2.24) is 0 Å². The number of nitrogens with one attached hydrogen (secondary N) is 2. The Balaban J connectivity index is 2.19. The Labute approximate surface area is 140 Å². The van der Waals surface area contributed by atoms with E-state index in [0.29, 0.717) is 17.3 Å². The summed E-state index contributed by atoms with van der Waals surface area (Å²) in [6.45, 7) is 6.21. The summed E-state index contributed by atoms with van der Waals surface area (Å²) >= 11 is 5.75. The van der Waals surface area contributed by atoms with Crippen molar-refractivity contribution in [3.8, 4) is 5.75 Å². The molecule has 3 N–H and O–H groups in total. The van der Waals surface area contributed by atoms with Gasteiger partial charge >= 0.3 is 0 Å². The zero-order valence-corrected chi connectivity index (χ0v) is 14.1. The molecule has 0 bridgehead atoms. The summed E-state index contributed by atoms with van der Waals surface area (Å²) in [5.41, 5.74) is 1.71. The molecule has 2 aromatic rings. The van der Waals surface area contributed by atoms with Gasteiger partial charge in [0.25, 0.3) is 10.0 Å². The van der Waals surface area contributed by atoms with E-state index in [1.54, 1.807) is 6.07 Å². The minimum absolute atomic E-state index is 0.0609. The maximum absolute atomic E-state index is 12.3. The van der Waals surface area contributed by atoms with Crippen LogP contribution in [-0.4, -0.2) is 20.1 Å². The van der Waals surface area contributed by atoms with E-state index in [1.807, 2.05) is 6.92 Å². The van der Waals surface area contributed by atoms with Crippen molar-refractivity contribution < 1.29 is 13.5 Å². The standard InChI is InChI=1S/C16H17ClN2O3S/c1-11(2)10-18-13-5-8-15(16(20)9-13)19-23(21,22)14-6-3-12(17)4-7-14/h3-9,18-20H,1,10H2,2H3. The van der Waals surface area contributed by atoms with Crippen LogP contribution < -0.4 is 10.0 Å². The van der Waals surface area contributed by atoms with Crippen LogP contribution >= 0.6 is 11.6 Å². The average molecular weight is 353 g/mol. The van der Waals surface area contributed by atoms with E-state index in [2.05, 4.69) is 16.6 Å². The molecular formula is C16H17ClN2O3S. The molecule has 0 radical (unpaired) electrons. The number of aromatic hydroxyl groups is 1. The molecule has 0 aliphatic rings. The maximum atomic E-state index is 12.3. The second kappa shape index (κ2) is 6.93. The van der Waals surface area contributed by atoms with Crippen LogP contribution in [0.3, 0.4) is 0 Å². The molecule has 2 rings (SSSR count). The molecule has 7 heteroatoms. The lowest BCUT2D eigenvalue weighted by Crippen LogP contribution is -2.13. The number of phenols is 1. The Kier molecular flexibility index (Phi) is 5.18. The first-order valence-electron chi connectivity index (χ1n) is 6.77. The van der Waals surface area contributed by atoms with E-state index in [-0.39, 0.29) is 16.3 Å². The highest BCUT2D eigenvalue weighted by Gasteiger charge is 2.16. The summed E-state index contributed by atoms with van der Waals surface area (Å²) in [7, 11) is -3.79. The van der Waals surface area contributed by atoms with Crippen molar-refractivity contribution in [3.05, 3.63) is 59.6 Å². The van der Waals surface area contributed by atoms with Gasteiger partial charge in [-0.15, -0.1) is 0 Å². The predicted octanol–water partition coefficient (Wildman–Crippen LogP) is 3.83. The molecule has 0 atom stereocenters. The fraction of sp³-hybridized carbons (Fsp3) is 0.125. The minimum atomic E-state index is -3.79. The largest absolute Gasteiger partial charge is 0.506 e. The molecule has 122 valence electrons. The highest BCUT2D eigenvalue weighted by molar-refractivity contribution is 7.92. The number of hydrogen-bond donors (Lipinski definition) is 3. The molecule has 0 amide bonds. The van der Waals surface area contributed by atoms with Gasteiger partial charge in [-0.1, -0.05) is 23.8 Å². The third kappa shape index (κ3) is 4.64. The molecule has 2 aromatic carbocycles. The quantitative estimate of drug-likeness (QED) is 0.545. The van der Waals surface area contributed by atoms with Crippen LogP contribution in [0, 0.1) is 0 Å². The zero-order chi connectivity index (χ0) is 17.0. The predicted molar refractivity (Wildman–Crippen MR) is 93.7 cm³/mol. The lowest BCUT2D eigenvalue weighted by atomic mass is 10.2. The molecule has 0 aromatic heterocycles. The molecule has 0 heterocycles. The molecule has 0 saturated heterocycles. The highest BCUT2D eigenvalue weighted by Crippen LogP contribution is 2.29. The number of anilines is 2. The number of rotatable bonds is 6. The van der Waals surface area contributed by atoms with Crippen molar-refractivity contribution >= 4 is 33.0 Å². The van der Waals surface area contributed by atoms with Crippen molar-refractivity contribution in [2.45, 2.75) is 11.8 Å². The number of benzene rings is 2. The van der Waals surface area contributed by atoms with Gasteiger partial charge in [0.05, 0.1) is 10.6 Å². The lowest BCUT2D eigenvalue weighted by molar-refractivity contribution is 0.478. The van der Waals surface area contributed by atoms with Crippen molar-refractivity contribution in [2.75, 3.05) is 16.6 Å². The second-order valence-electron chi connectivity index (χ2n) is 5.10. The third-order valence-corrected chi connectivity index (χ3v) is 4.59. The van der Waals surface area contributed by atoms with Crippen LogP contribution in [0.5, 0.6) is 5.75 Å². The number of sulfonamides is 1. The van der Waals surface area contributed by atoms with Gasteiger partial charge in [-0.25, -0.2) is 8.42 Å². The van der Waals surface area contributed by atoms with Crippen LogP contribution in [-0.2, 0) is 10.0 Å². The van der Waals surface area contributed by atoms with Gasteiger partial charge in [-0.05, 0) is 43.3 Å². The minimum Gasteiger partial charge on any atom is -0.506 e.